The van der Waals surface area contributed by atoms with Crippen molar-refractivity contribution in [2.75, 3.05) is 13.2 Å². The van der Waals surface area contributed by atoms with E-state index in [1.54, 1.807) is 6.07 Å². The van der Waals surface area contributed by atoms with E-state index in [1.165, 1.54) is 11.1 Å². The maximum Gasteiger partial charge on any atom is 2.00 e. The van der Waals surface area contributed by atoms with Crippen LogP contribution in [0, 0.1) is 14.4 Å². The molecule has 1 aromatic heterocycles. The molecule has 5 heteroatoms. The van der Waals surface area contributed by atoms with Gasteiger partial charge in [0.25, 0.3) is 0 Å². The molecule has 2 N–H and O–H groups in total. The number of benzene rings is 1. The summed E-state index contributed by atoms with van der Waals surface area (Å²) in [6, 6.07) is 7.77. The summed E-state index contributed by atoms with van der Waals surface area (Å²) in [4.78, 5) is 0. The molecule has 0 bridgehead atoms. The Hall–Kier alpha value is -0.888. The predicted octanol–water partition coefficient (Wildman–Crippen LogP) is 3.36. The first-order valence-electron chi connectivity index (χ1n) is 6.08. The van der Waals surface area contributed by atoms with Crippen molar-refractivity contribution in [1.29, 1.82) is 0 Å². The first-order chi connectivity index (χ1) is 8.70. The monoisotopic (exact) mass is 371 g/mol. The van der Waals surface area contributed by atoms with Crippen LogP contribution in [0.15, 0.2) is 30.5 Å². The molecule has 0 amide bonds. The van der Waals surface area contributed by atoms with Crippen LogP contribution in [0.25, 0.3) is 5.73 Å². The molecule has 0 saturated carbocycles. The Labute approximate surface area is 140 Å². The minimum absolute atomic E-state index is 0. The van der Waals surface area contributed by atoms with Crippen molar-refractivity contribution in [3.63, 3.8) is 0 Å². The molecule has 1 aromatic carbocycles. The van der Waals surface area contributed by atoms with Crippen LogP contribution in [-0.2, 0) is 43.9 Å². The van der Waals surface area contributed by atoms with Gasteiger partial charge in [-0.15, -0.1) is 5.69 Å². The molecule has 1 aliphatic heterocycles. The summed E-state index contributed by atoms with van der Waals surface area (Å²) in [5, 5.41) is 7.13. The normalized spacial score (nSPS) is 15.7. The smallest absolute Gasteiger partial charge is 0.699 e. The number of ether oxygens (including phenoxy) is 1. The Morgan fingerprint density at radius 3 is 2.65 bits per heavy atom. The fourth-order valence-corrected chi connectivity index (χ4v) is 2.46. The molecule has 1 aliphatic rings. The van der Waals surface area contributed by atoms with Crippen LogP contribution in [0.2, 0.25) is 0 Å². The molecule has 3 rings (SSSR count). The fraction of sp³-hybridized carbons (Fsp3) is 0.333. The summed E-state index contributed by atoms with van der Waals surface area (Å²) in [6.45, 7) is 3.50. The predicted molar refractivity (Wildman–Crippen MR) is 76.4 cm³/mol. The van der Waals surface area contributed by atoms with Gasteiger partial charge in [-0.3, -0.25) is 5.10 Å². The van der Waals surface area contributed by atoms with Crippen molar-refractivity contribution >= 4 is 5.69 Å². The number of hydrogen-bond donors (Lipinski definition) is 1. The summed E-state index contributed by atoms with van der Waals surface area (Å²) in [5.41, 5.74) is 11.8. The number of hydrogen-bond acceptors (Lipinski definition) is 2. The Kier molecular flexibility index (Phi) is 5.76. The molecule has 0 unspecified atom stereocenters. The first kappa shape index (κ1) is 17.2. The zero-order chi connectivity index (χ0) is 12.6. The molecular weight excluding hydrogens is 351 g/mol. The van der Waals surface area contributed by atoms with Crippen molar-refractivity contribution in [2.24, 2.45) is 0 Å². The van der Waals surface area contributed by atoms with E-state index in [2.05, 4.69) is 23.2 Å². The van der Waals surface area contributed by atoms with E-state index in [0.29, 0.717) is 5.69 Å². The average molecular weight is 370 g/mol. The topological polar surface area (TPSA) is 61.7 Å². The Morgan fingerprint density at radius 1 is 1.40 bits per heavy atom. The number of nitrogens with one attached hydrogen (secondary N) is 2. The fourth-order valence-electron chi connectivity index (χ4n) is 2.46. The van der Waals surface area contributed by atoms with E-state index in [9.17, 15) is 0 Å². The van der Waals surface area contributed by atoms with E-state index in [-0.39, 0.29) is 40.1 Å². The van der Waals surface area contributed by atoms with Gasteiger partial charge in [-0.1, -0.05) is 24.3 Å². The molecule has 4 nitrogen and oxygen atoms in total. The van der Waals surface area contributed by atoms with Crippen molar-refractivity contribution < 1.29 is 32.0 Å². The van der Waals surface area contributed by atoms with Gasteiger partial charge in [0.15, 0.2) is 0 Å². The first-order valence-corrected chi connectivity index (χ1v) is 6.08. The summed E-state index contributed by atoms with van der Waals surface area (Å²) in [7, 11) is 0. The average Bonchev–Trinajstić information content (AvgIpc) is 2.69. The van der Waals surface area contributed by atoms with Crippen LogP contribution in [0.3, 0.4) is 0 Å². The molecule has 102 valence electrons. The van der Waals surface area contributed by atoms with Crippen LogP contribution < -0.4 is 0 Å². The molecule has 0 atom stereocenters. The van der Waals surface area contributed by atoms with E-state index in [0.717, 1.165) is 25.3 Å². The summed E-state index contributed by atoms with van der Waals surface area (Å²) >= 11 is 0. The third kappa shape index (κ3) is 3.06. The van der Waals surface area contributed by atoms with Gasteiger partial charge in [-0.05, 0) is 18.1 Å². The Balaban J connectivity index is 0.000001000. The molecule has 0 aliphatic carbocycles. The van der Waals surface area contributed by atoms with Gasteiger partial charge in [0.1, 0.15) is 0 Å². The molecule has 20 heavy (non-hydrogen) atoms. The standard InChI is InChI=1S/C14H16N3O.CH3.Cd/c1-10-7-16-17-13(10)6-14(8-18-9-14)11-3-2-4-12(15)5-11;;/h2-5,7,15H,6,8-9H2,1H3,(H,16,17);1H3;/q2*-1;+2. The van der Waals surface area contributed by atoms with Gasteiger partial charge in [-0.2, -0.15) is 5.10 Å². The van der Waals surface area contributed by atoms with Crippen LogP contribution in [0.4, 0.5) is 5.69 Å². The number of H-pyrrole nitrogens is 1. The largest absolute Gasteiger partial charge is 2.00 e. The number of rotatable bonds is 3. The number of aryl methyl sites for hydroxylation is 1. The third-order valence-corrected chi connectivity index (χ3v) is 3.68. The van der Waals surface area contributed by atoms with Crippen LogP contribution in [0.5, 0.6) is 0 Å². The van der Waals surface area contributed by atoms with Gasteiger partial charge < -0.3 is 17.9 Å². The van der Waals surface area contributed by atoms with E-state index < -0.39 is 0 Å². The maximum absolute atomic E-state index is 7.75. The van der Waals surface area contributed by atoms with Crippen LogP contribution >= 0.6 is 0 Å². The zero-order valence-electron chi connectivity index (χ0n) is 12.1. The van der Waals surface area contributed by atoms with Gasteiger partial charge in [0.2, 0.25) is 0 Å². The minimum Gasteiger partial charge on any atom is -0.699 e. The third-order valence-electron chi connectivity index (χ3n) is 3.68. The molecule has 2 heterocycles. The Bertz CT molecular complexity index is 564. The SMILES string of the molecule is Cc1cn[nH]c1CC1(c2cccc([NH-])c2)COC1.[CH3-].[Cd+2]. The second-order valence-corrected chi connectivity index (χ2v) is 5.06. The van der Waals surface area contributed by atoms with Gasteiger partial charge in [0.05, 0.1) is 19.4 Å². The summed E-state index contributed by atoms with van der Waals surface area (Å²) in [5.74, 6) is 0. The number of aromatic amines is 1. The van der Waals surface area contributed by atoms with Gasteiger partial charge in [0, 0.05) is 17.5 Å². The molecule has 0 radical (unpaired) electrons. The van der Waals surface area contributed by atoms with Gasteiger partial charge >= 0.3 is 27.3 Å². The second kappa shape index (κ2) is 6.71. The second-order valence-electron chi connectivity index (χ2n) is 5.06. The number of nitrogens with zero attached hydrogens (tertiary/aromatic N) is 1. The van der Waals surface area contributed by atoms with Crippen LogP contribution in [-0.4, -0.2) is 23.4 Å². The van der Waals surface area contributed by atoms with E-state index in [1.807, 2.05) is 18.3 Å². The van der Waals surface area contributed by atoms with E-state index in [4.69, 9.17) is 10.5 Å². The van der Waals surface area contributed by atoms with E-state index >= 15 is 0 Å². The quantitative estimate of drug-likeness (QED) is 0.666. The number of aromatic nitrogens is 2. The maximum atomic E-state index is 7.75. The molecule has 1 fully saturated rings. The van der Waals surface area contributed by atoms with Crippen molar-refractivity contribution in [2.45, 2.75) is 18.8 Å². The summed E-state index contributed by atoms with van der Waals surface area (Å²) < 4.78 is 5.43. The van der Waals surface area contributed by atoms with Crippen LogP contribution in [0.1, 0.15) is 16.8 Å². The molecule has 1 saturated heterocycles. The van der Waals surface area contributed by atoms with Crippen molar-refractivity contribution in [1.82, 2.24) is 10.2 Å². The minimum atomic E-state index is 0. The molecule has 0 spiro atoms. The molecular formula is C15H19CdN3O. The summed E-state index contributed by atoms with van der Waals surface area (Å²) in [6.07, 6.45) is 2.74. The van der Waals surface area contributed by atoms with Crippen molar-refractivity contribution in [3.8, 4) is 0 Å². The molecule has 2 aromatic rings. The Morgan fingerprint density at radius 2 is 2.15 bits per heavy atom. The van der Waals surface area contributed by atoms with Gasteiger partial charge in [-0.25, -0.2) is 0 Å². The zero-order valence-corrected chi connectivity index (χ0v) is 16.1. The van der Waals surface area contributed by atoms with Crippen molar-refractivity contribution in [3.05, 3.63) is 60.4 Å².